The van der Waals surface area contributed by atoms with Crippen LogP contribution in [0.5, 0.6) is 11.5 Å². The van der Waals surface area contributed by atoms with E-state index in [1.54, 1.807) is 60.7 Å². The molecule has 0 saturated carbocycles. The van der Waals surface area contributed by atoms with Crippen molar-refractivity contribution in [3.8, 4) is 11.5 Å². The number of hydrogen-bond donors (Lipinski definition) is 0. The molecule has 192 valence electrons. The number of esters is 2. The number of aromatic nitrogens is 1. The fourth-order valence-electron chi connectivity index (χ4n) is 3.66. The van der Waals surface area contributed by atoms with Crippen LogP contribution in [0, 0.1) is 0 Å². The van der Waals surface area contributed by atoms with Gasteiger partial charge in [0.1, 0.15) is 5.75 Å². The van der Waals surface area contributed by atoms with E-state index in [9.17, 15) is 9.59 Å². The van der Waals surface area contributed by atoms with Gasteiger partial charge in [-0.2, -0.15) is 0 Å². The summed E-state index contributed by atoms with van der Waals surface area (Å²) in [6.45, 7) is 12.2. The standard InChI is InChI=1S/C30H33NO5Si/c1-30(2,3)37(4,5)34-19-18-31-21-27(36-29(33)23-14-10-7-11-15-23)25-20-24(16-17-26(25)31)35-28(32)22-12-8-6-9-13-22/h6-17,20-21H,18-19H2,1-5H3. The Morgan fingerprint density at radius 2 is 1.38 bits per heavy atom. The maximum Gasteiger partial charge on any atom is 0.343 e. The van der Waals surface area contributed by atoms with Crippen LogP contribution in [0.3, 0.4) is 0 Å². The Labute approximate surface area is 218 Å². The number of hydrogen-bond acceptors (Lipinski definition) is 5. The van der Waals surface area contributed by atoms with Crippen LogP contribution in [0.4, 0.5) is 0 Å². The number of nitrogens with zero attached hydrogens (tertiary/aromatic N) is 1. The third kappa shape index (κ3) is 6.18. The summed E-state index contributed by atoms with van der Waals surface area (Å²) in [5, 5.41) is 0.787. The molecule has 0 amide bonds. The van der Waals surface area contributed by atoms with Crippen LogP contribution in [-0.4, -0.2) is 31.4 Å². The van der Waals surface area contributed by atoms with Crippen LogP contribution in [0.1, 0.15) is 41.5 Å². The maximum atomic E-state index is 12.8. The molecule has 0 unspecified atom stereocenters. The van der Waals surface area contributed by atoms with Gasteiger partial charge in [0, 0.05) is 18.1 Å². The fourth-order valence-corrected chi connectivity index (χ4v) is 4.70. The van der Waals surface area contributed by atoms with Gasteiger partial charge in [-0.15, -0.1) is 0 Å². The Kier molecular flexibility index (Phi) is 7.66. The summed E-state index contributed by atoms with van der Waals surface area (Å²) in [6, 6.07) is 23.0. The van der Waals surface area contributed by atoms with E-state index in [4.69, 9.17) is 13.9 Å². The van der Waals surface area contributed by atoms with Crippen molar-refractivity contribution in [3.63, 3.8) is 0 Å². The quantitative estimate of drug-likeness (QED) is 0.142. The zero-order valence-corrected chi connectivity index (χ0v) is 23.0. The average Bonchev–Trinajstić information content (AvgIpc) is 3.20. The molecule has 0 saturated heterocycles. The van der Waals surface area contributed by atoms with Crippen molar-refractivity contribution in [2.24, 2.45) is 0 Å². The summed E-state index contributed by atoms with van der Waals surface area (Å²) >= 11 is 0. The van der Waals surface area contributed by atoms with Crippen LogP contribution in [0.25, 0.3) is 10.9 Å². The van der Waals surface area contributed by atoms with E-state index in [0.717, 1.165) is 5.52 Å². The molecule has 0 bridgehead atoms. The fraction of sp³-hybridized carbons (Fsp3) is 0.267. The van der Waals surface area contributed by atoms with E-state index in [-0.39, 0.29) is 5.04 Å². The minimum Gasteiger partial charge on any atom is -0.423 e. The first-order chi connectivity index (χ1) is 17.5. The van der Waals surface area contributed by atoms with Crippen LogP contribution in [-0.2, 0) is 11.0 Å². The van der Waals surface area contributed by atoms with Crippen molar-refractivity contribution in [1.82, 2.24) is 4.57 Å². The van der Waals surface area contributed by atoms with Crippen LogP contribution >= 0.6 is 0 Å². The Hall–Kier alpha value is -3.68. The van der Waals surface area contributed by atoms with Crippen molar-refractivity contribution in [2.45, 2.75) is 45.4 Å². The largest absolute Gasteiger partial charge is 0.423 e. The van der Waals surface area contributed by atoms with E-state index in [1.807, 2.05) is 29.0 Å². The molecule has 4 aromatic rings. The molecular formula is C30H33NO5Si. The van der Waals surface area contributed by atoms with Crippen molar-refractivity contribution < 1.29 is 23.5 Å². The summed E-state index contributed by atoms with van der Waals surface area (Å²) in [7, 11) is -1.91. The van der Waals surface area contributed by atoms with Gasteiger partial charge >= 0.3 is 11.9 Å². The molecule has 1 heterocycles. The Morgan fingerprint density at radius 3 is 1.95 bits per heavy atom. The van der Waals surface area contributed by atoms with E-state index < -0.39 is 20.3 Å². The Morgan fingerprint density at radius 1 is 0.811 bits per heavy atom. The first kappa shape index (κ1) is 26.4. The zero-order valence-electron chi connectivity index (χ0n) is 22.0. The third-order valence-electron chi connectivity index (χ3n) is 6.85. The van der Waals surface area contributed by atoms with Gasteiger partial charge in [-0.05, 0) is 60.6 Å². The number of carbonyl (C=O) groups excluding carboxylic acids is 2. The van der Waals surface area contributed by atoms with Gasteiger partial charge in [-0.1, -0.05) is 57.2 Å². The van der Waals surface area contributed by atoms with E-state index in [1.165, 1.54) is 0 Å². The molecule has 0 spiro atoms. The summed E-state index contributed by atoms with van der Waals surface area (Å²) in [5.41, 5.74) is 1.77. The Balaban J connectivity index is 1.62. The molecule has 0 radical (unpaired) electrons. The van der Waals surface area contributed by atoms with Gasteiger partial charge < -0.3 is 18.5 Å². The molecule has 1 aromatic heterocycles. The van der Waals surface area contributed by atoms with Gasteiger partial charge in [0.05, 0.1) is 23.3 Å². The molecule has 0 aliphatic heterocycles. The Bertz CT molecular complexity index is 1390. The highest BCUT2D eigenvalue weighted by Gasteiger charge is 2.36. The highest BCUT2D eigenvalue weighted by atomic mass is 28.4. The minimum atomic E-state index is -1.91. The van der Waals surface area contributed by atoms with Crippen molar-refractivity contribution in [1.29, 1.82) is 0 Å². The lowest BCUT2D eigenvalue weighted by atomic mass is 10.2. The number of carbonyl (C=O) groups is 2. The SMILES string of the molecule is CC(C)(C)[Si](C)(C)OCCn1cc(OC(=O)c2ccccc2)c2cc(OC(=O)c3ccccc3)ccc21. The first-order valence-corrected chi connectivity index (χ1v) is 15.3. The summed E-state index contributed by atoms with van der Waals surface area (Å²) in [5.74, 6) is -0.142. The molecule has 0 aliphatic carbocycles. The normalized spacial score (nSPS) is 11.9. The molecule has 6 nitrogen and oxygen atoms in total. The lowest BCUT2D eigenvalue weighted by molar-refractivity contribution is 0.0724. The van der Waals surface area contributed by atoms with Crippen molar-refractivity contribution in [2.75, 3.05) is 6.61 Å². The highest BCUT2D eigenvalue weighted by Crippen LogP contribution is 2.37. The van der Waals surface area contributed by atoms with Gasteiger partial charge in [0.2, 0.25) is 0 Å². The van der Waals surface area contributed by atoms with E-state index in [2.05, 4.69) is 33.9 Å². The molecule has 3 aromatic carbocycles. The smallest absolute Gasteiger partial charge is 0.343 e. The monoisotopic (exact) mass is 515 g/mol. The van der Waals surface area contributed by atoms with E-state index >= 15 is 0 Å². The second-order valence-electron chi connectivity index (χ2n) is 10.5. The maximum absolute atomic E-state index is 12.8. The number of ether oxygens (including phenoxy) is 2. The van der Waals surface area contributed by atoms with Gasteiger partial charge in [0.15, 0.2) is 14.1 Å². The molecular weight excluding hydrogens is 482 g/mol. The molecule has 37 heavy (non-hydrogen) atoms. The van der Waals surface area contributed by atoms with Gasteiger partial charge in [-0.25, -0.2) is 9.59 Å². The molecule has 0 fully saturated rings. The second-order valence-corrected chi connectivity index (χ2v) is 15.3. The minimum absolute atomic E-state index is 0.111. The topological polar surface area (TPSA) is 66.8 Å². The highest BCUT2D eigenvalue weighted by molar-refractivity contribution is 6.74. The van der Waals surface area contributed by atoms with Gasteiger partial charge in [0.25, 0.3) is 0 Å². The molecule has 0 aliphatic rings. The van der Waals surface area contributed by atoms with Crippen molar-refractivity contribution >= 4 is 31.2 Å². The lowest BCUT2D eigenvalue weighted by Gasteiger charge is -2.36. The molecule has 4 rings (SSSR count). The van der Waals surface area contributed by atoms with Crippen LogP contribution in [0.15, 0.2) is 85.1 Å². The molecule has 7 heteroatoms. The number of benzene rings is 3. The summed E-state index contributed by atoms with van der Waals surface area (Å²) < 4.78 is 19.8. The average molecular weight is 516 g/mol. The third-order valence-corrected chi connectivity index (χ3v) is 11.4. The van der Waals surface area contributed by atoms with Crippen LogP contribution in [0.2, 0.25) is 18.1 Å². The predicted octanol–water partition coefficient (Wildman–Crippen LogP) is 7.10. The van der Waals surface area contributed by atoms with Crippen molar-refractivity contribution in [3.05, 3.63) is 96.2 Å². The van der Waals surface area contributed by atoms with Gasteiger partial charge in [-0.3, -0.25) is 0 Å². The number of rotatable bonds is 8. The zero-order chi connectivity index (χ0) is 26.6. The summed E-state index contributed by atoms with van der Waals surface area (Å²) in [6.07, 6.45) is 1.81. The first-order valence-electron chi connectivity index (χ1n) is 12.4. The van der Waals surface area contributed by atoms with E-state index in [0.29, 0.717) is 41.2 Å². The van der Waals surface area contributed by atoms with Crippen LogP contribution < -0.4 is 9.47 Å². The second kappa shape index (κ2) is 10.7. The predicted molar refractivity (Wildman–Crippen MR) is 148 cm³/mol. The molecule has 0 N–H and O–H groups in total. The summed E-state index contributed by atoms with van der Waals surface area (Å²) in [4.78, 5) is 25.4. The molecule has 0 atom stereocenters. The number of fused-ring (bicyclic) bond motifs is 1. The lowest BCUT2D eigenvalue weighted by Crippen LogP contribution is -2.41.